The van der Waals surface area contributed by atoms with E-state index in [1.54, 1.807) is 24.1 Å². The fourth-order valence-corrected chi connectivity index (χ4v) is 3.57. The summed E-state index contributed by atoms with van der Waals surface area (Å²) < 4.78 is 19.9. The number of ether oxygens (including phenoxy) is 1. The molecule has 8 nitrogen and oxygen atoms in total. The average Bonchev–Trinajstić information content (AvgIpc) is 2.79. The Kier molecular flexibility index (Phi) is 6.20. The largest absolute Gasteiger partial charge is 0.378 e. The summed E-state index contributed by atoms with van der Waals surface area (Å²) in [6.45, 7) is 1.77. The molecule has 2 aromatic carbocycles. The number of halogens is 1. The van der Waals surface area contributed by atoms with Gasteiger partial charge in [-0.3, -0.25) is 9.59 Å². The molecule has 0 atom stereocenters. The summed E-state index contributed by atoms with van der Waals surface area (Å²) >= 11 is 0. The zero-order valence-corrected chi connectivity index (χ0v) is 17.6. The Morgan fingerprint density at radius 3 is 2.66 bits per heavy atom. The summed E-state index contributed by atoms with van der Waals surface area (Å²) in [5, 5.41) is 5.12. The number of fused-ring (bicyclic) bond motifs is 1. The molecule has 0 unspecified atom stereocenters. The number of hydrazine groups is 1. The number of pyridine rings is 1. The number of morpholine rings is 1. The zero-order chi connectivity index (χ0) is 22.7. The maximum Gasteiger partial charge on any atom is 0.257 e. The fraction of sp³-hybridized carbons (Fsp3) is 0.217. The van der Waals surface area contributed by atoms with Gasteiger partial charge in [-0.2, -0.15) is 0 Å². The lowest BCUT2D eigenvalue weighted by molar-refractivity contribution is 0.0300. The van der Waals surface area contributed by atoms with Crippen LogP contribution in [0, 0.1) is 5.82 Å². The molecule has 9 heteroatoms. The highest BCUT2D eigenvalue weighted by atomic mass is 19.1. The highest BCUT2D eigenvalue weighted by Gasteiger charge is 2.21. The van der Waals surface area contributed by atoms with Crippen molar-refractivity contribution >= 4 is 28.2 Å². The average molecular weight is 437 g/mol. The third-order valence-corrected chi connectivity index (χ3v) is 5.28. The lowest BCUT2D eigenvalue weighted by Gasteiger charge is -2.27. The number of anilines is 1. The molecule has 1 aromatic heterocycles. The minimum Gasteiger partial charge on any atom is -0.378 e. The van der Waals surface area contributed by atoms with Crippen LogP contribution in [0.1, 0.15) is 15.9 Å². The first kappa shape index (κ1) is 21.5. The Morgan fingerprint density at radius 1 is 1.19 bits per heavy atom. The molecular formula is C23H24FN5O3. The number of para-hydroxylation sites is 1. The molecule has 3 aromatic rings. The first-order valence-corrected chi connectivity index (χ1v) is 10.2. The second-order valence-electron chi connectivity index (χ2n) is 7.48. The highest BCUT2D eigenvalue weighted by Crippen LogP contribution is 2.20. The number of benzene rings is 2. The van der Waals surface area contributed by atoms with Gasteiger partial charge in [-0.15, -0.1) is 0 Å². The Balaban J connectivity index is 1.59. The van der Waals surface area contributed by atoms with Gasteiger partial charge >= 0.3 is 0 Å². The maximum absolute atomic E-state index is 14.7. The van der Waals surface area contributed by atoms with E-state index in [9.17, 15) is 14.0 Å². The van der Waals surface area contributed by atoms with Gasteiger partial charge < -0.3 is 24.9 Å². The van der Waals surface area contributed by atoms with E-state index in [-0.39, 0.29) is 17.0 Å². The van der Waals surface area contributed by atoms with Gasteiger partial charge in [0.1, 0.15) is 5.82 Å². The van der Waals surface area contributed by atoms with Gasteiger partial charge in [0.05, 0.1) is 30.0 Å². The smallest absolute Gasteiger partial charge is 0.257 e. The molecule has 1 fully saturated rings. The van der Waals surface area contributed by atoms with E-state index in [2.05, 4.69) is 10.3 Å². The second kappa shape index (κ2) is 9.21. The van der Waals surface area contributed by atoms with Gasteiger partial charge in [-0.05, 0) is 35.7 Å². The van der Waals surface area contributed by atoms with Crippen molar-refractivity contribution in [1.29, 1.82) is 0 Å². The van der Waals surface area contributed by atoms with Crippen LogP contribution < -0.4 is 16.7 Å². The number of H-pyrrole nitrogens is 1. The number of rotatable bonds is 5. The number of carbonyl (C=O) groups excluding carboxylic acids is 1. The summed E-state index contributed by atoms with van der Waals surface area (Å²) in [7, 11) is 1.60. The molecule has 0 spiro atoms. The number of nitrogens with two attached hydrogens (primary N) is 1. The number of hydrogen-bond acceptors (Lipinski definition) is 6. The summed E-state index contributed by atoms with van der Waals surface area (Å²) in [5.74, 6) is 4.96. The molecule has 1 aliphatic heterocycles. The molecule has 0 aliphatic carbocycles. The van der Waals surface area contributed by atoms with Crippen molar-refractivity contribution in [1.82, 2.24) is 14.9 Å². The third kappa shape index (κ3) is 4.48. The van der Waals surface area contributed by atoms with E-state index in [4.69, 9.17) is 10.6 Å². The van der Waals surface area contributed by atoms with Crippen LogP contribution in [0.5, 0.6) is 0 Å². The standard InChI is InChI=1S/C23H24FN5O3/c1-28(25)21(18-12-15-4-2-3-5-20(15)27-22(18)30)14-26-16-6-7-17(19(24)13-16)23(31)29-8-10-32-11-9-29/h2-7,12-14,26H,8-11,25H2,1H3,(H,27,30). The summed E-state index contributed by atoms with van der Waals surface area (Å²) in [4.78, 5) is 29.6. The number of nitrogens with zero attached hydrogens (tertiary/aromatic N) is 2. The predicted molar refractivity (Wildman–Crippen MR) is 121 cm³/mol. The van der Waals surface area contributed by atoms with Crippen molar-refractivity contribution in [3.8, 4) is 0 Å². The Bertz CT molecular complexity index is 1230. The number of aromatic amines is 1. The molecular weight excluding hydrogens is 413 g/mol. The number of hydrogen-bond donors (Lipinski definition) is 3. The van der Waals surface area contributed by atoms with Crippen LogP contribution >= 0.6 is 0 Å². The maximum atomic E-state index is 14.7. The molecule has 1 saturated heterocycles. The van der Waals surface area contributed by atoms with E-state index in [0.717, 1.165) is 10.9 Å². The van der Waals surface area contributed by atoms with Crippen molar-refractivity contribution < 1.29 is 13.9 Å². The molecule has 0 saturated carbocycles. The molecule has 0 bridgehead atoms. The SMILES string of the molecule is CN(N)C(=CNc1ccc(C(=O)N2CCOCC2)c(F)c1)c1cc2ccccc2[nH]c1=O. The monoisotopic (exact) mass is 437 g/mol. The van der Waals surface area contributed by atoms with Crippen LogP contribution in [0.3, 0.4) is 0 Å². The summed E-state index contributed by atoms with van der Waals surface area (Å²) in [5.41, 5.74) is 1.61. The number of carbonyl (C=O) groups is 1. The Labute approximate surface area is 184 Å². The van der Waals surface area contributed by atoms with E-state index in [1.807, 2.05) is 24.3 Å². The molecule has 1 aliphatic rings. The number of amides is 1. The molecule has 166 valence electrons. The minimum absolute atomic E-state index is 0.00331. The second-order valence-corrected chi connectivity index (χ2v) is 7.48. The normalized spacial score (nSPS) is 14.5. The Morgan fingerprint density at radius 2 is 1.94 bits per heavy atom. The quantitative estimate of drug-likeness (QED) is 0.418. The molecule has 4 rings (SSSR count). The topological polar surface area (TPSA) is 104 Å². The van der Waals surface area contributed by atoms with E-state index >= 15 is 0 Å². The highest BCUT2D eigenvalue weighted by molar-refractivity contribution is 5.95. The molecule has 4 N–H and O–H groups in total. The molecule has 0 radical (unpaired) electrons. The van der Waals surface area contributed by atoms with Crippen LogP contribution in [-0.4, -0.2) is 54.2 Å². The number of nitrogens with one attached hydrogen (secondary N) is 2. The van der Waals surface area contributed by atoms with Gasteiger partial charge in [0.25, 0.3) is 11.5 Å². The van der Waals surface area contributed by atoms with Crippen LogP contribution in [0.15, 0.2) is 59.5 Å². The van der Waals surface area contributed by atoms with Crippen molar-refractivity contribution in [3.05, 3.63) is 82.0 Å². The van der Waals surface area contributed by atoms with Crippen LogP contribution in [0.4, 0.5) is 10.1 Å². The van der Waals surface area contributed by atoms with Gasteiger partial charge in [-0.25, -0.2) is 10.2 Å². The fourth-order valence-electron chi connectivity index (χ4n) is 3.57. The van der Waals surface area contributed by atoms with E-state index in [1.165, 1.54) is 23.3 Å². The first-order chi connectivity index (χ1) is 15.4. The molecule has 32 heavy (non-hydrogen) atoms. The molecule has 1 amide bonds. The summed E-state index contributed by atoms with van der Waals surface area (Å²) in [6, 6.07) is 13.4. The van der Waals surface area contributed by atoms with Crippen LogP contribution in [-0.2, 0) is 4.74 Å². The van der Waals surface area contributed by atoms with Crippen molar-refractivity contribution in [3.63, 3.8) is 0 Å². The van der Waals surface area contributed by atoms with E-state index < -0.39 is 5.82 Å². The lowest BCUT2D eigenvalue weighted by Crippen LogP contribution is -2.41. The van der Waals surface area contributed by atoms with Gasteiger partial charge in [-0.1, -0.05) is 18.2 Å². The van der Waals surface area contributed by atoms with Gasteiger partial charge in [0.15, 0.2) is 0 Å². The van der Waals surface area contributed by atoms with Crippen molar-refractivity contribution in [2.24, 2.45) is 5.84 Å². The first-order valence-electron chi connectivity index (χ1n) is 10.2. The van der Waals surface area contributed by atoms with Crippen molar-refractivity contribution in [2.45, 2.75) is 0 Å². The van der Waals surface area contributed by atoms with Crippen LogP contribution in [0.2, 0.25) is 0 Å². The minimum atomic E-state index is -0.633. The zero-order valence-electron chi connectivity index (χ0n) is 17.6. The lowest BCUT2D eigenvalue weighted by atomic mass is 10.1. The van der Waals surface area contributed by atoms with E-state index in [0.29, 0.717) is 43.3 Å². The summed E-state index contributed by atoms with van der Waals surface area (Å²) in [6.07, 6.45) is 1.53. The van der Waals surface area contributed by atoms with Gasteiger partial charge in [0.2, 0.25) is 0 Å². The number of aromatic nitrogens is 1. The van der Waals surface area contributed by atoms with Crippen molar-refractivity contribution in [2.75, 3.05) is 38.7 Å². The van der Waals surface area contributed by atoms with Gasteiger partial charge in [0, 0.05) is 37.5 Å². The Hall–Kier alpha value is -3.69. The third-order valence-electron chi connectivity index (χ3n) is 5.28. The molecule has 2 heterocycles. The predicted octanol–water partition coefficient (Wildman–Crippen LogP) is 2.36. The van der Waals surface area contributed by atoms with Crippen LogP contribution in [0.25, 0.3) is 16.6 Å².